The molecule has 0 unspecified atom stereocenters. The van der Waals surface area contributed by atoms with Crippen molar-refractivity contribution in [1.29, 1.82) is 0 Å². The summed E-state index contributed by atoms with van der Waals surface area (Å²) in [6.45, 7) is 6.54. The van der Waals surface area contributed by atoms with Crippen LogP contribution in [0.2, 0.25) is 0 Å². The average Bonchev–Trinajstić information content (AvgIpc) is 2.85. The van der Waals surface area contributed by atoms with Crippen LogP contribution >= 0.6 is 0 Å². The van der Waals surface area contributed by atoms with E-state index in [1.54, 1.807) is 0 Å². The second-order valence-electron chi connectivity index (χ2n) is 6.25. The highest BCUT2D eigenvalue weighted by atomic mass is 16.6. The third kappa shape index (κ3) is 7.43. The fourth-order valence-corrected chi connectivity index (χ4v) is 2.19. The molecule has 1 aliphatic rings. The van der Waals surface area contributed by atoms with Crippen LogP contribution in [0.4, 0.5) is 0 Å². The zero-order valence-corrected chi connectivity index (χ0v) is 13.4. The molecule has 0 radical (unpaired) electrons. The third-order valence-electron chi connectivity index (χ3n) is 3.22. The van der Waals surface area contributed by atoms with Gasteiger partial charge in [0.15, 0.2) is 0 Å². The molecule has 21 heavy (non-hydrogen) atoms. The number of rotatable bonds is 7. The number of nitrogens with one attached hydrogen (secondary N) is 1. The second kappa shape index (κ2) is 8.34. The van der Waals surface area contributed by atoms with Gasteiger partial charge < -0.3 is 19.5 Å². The van der Waals surface area contributed by atoms with Crippen molar-refractivity contribution >= 4 is 11.9 Å². The molecule has 1 fully saturated rings. The number of methoxy groups -OCH3 is 1. The summed E-state index contributed by atoms with van der Waals surface area (Å²) in [4.78, 5) is 22.8. The quantitative estimate of drug-likeness (QED) is 0.566. The number of carbonyl (C=O) groups excluding carboxylic acids is 2. The first-order chi connectivity index (χ1) is 9.81. The predicted octanol–water partition coefficient (Wildman–Crippen LogP) is 1.42. The Kier molecular flexibility index (Phi) is 7.11. The van der Waals surface area contributed by atoms with E-state index in [2.05, 4.69) is 10.1 Å². The van der Waals surface area contributed by atoms with E-state index in [9.17, 15) is 9.59 Å². The van der Waals surface area contributed by atoms with E-state index in [1.165, 1.54) is 7.11 Å². The number of hydrogen-bond acceptors (Lipinski definition) is 6. The summed E-state index contributed by atoms with van der Waals surface area (Å²) in [5, 5.41) is 3.28. The Balaban J connectivity index is 2.14. The van der Waals surface area contributed by atoms with Crippen LogP contribution in [0.15, 0.2) is 0 Å². The topological polar surface area (TPSA) is 73.9 Å². The van der Waals surface area contributed by atoms with Gasteiger partial charge in [0.2, 0.25) is 0 Å². The van der Waals surface area contributed by atoms with Gasteiger partial charge in [0, 0.05) is 12.6 Å². The number of esters is 2. The van der Waals surface area contributed by atoms with Crippen LogP contribution in [0.1, 0.15) is 46.5 Å². The lowest BCUT2D eigenvalue weighted by Crippen LogP contribution is -2.40. The number of carbonyl (C=O) groups is 2. The lowest BCUT2D eigenvalue weighted by molar-refractivity contribution is -0.157. The van der Waals surface area contributed by atoms with Crippen LogP contribution in [0.3, 0.4) is 0 Å². The van der Waals surface area contributed by atoms with Crippen LogP contribution in [0.5, 0.6) is 0 Å². The van der Waals surface area contributed by atoms with Gasteiger partial charge in [-0.1, -0.05) is 0 Å². The molecular weight excluding hydrogens is 274 g/mol. The maximum Gasteiger partial charge on any atom is 0.323 e. The normalized spacial score (nSPS) is 22.1. The highest BCUT2D eigenvalue weighted by Gasteiger charge is 2.32. The molecule has 0 saturated carbocycles. The van der Waals surface area contributed by atoms with Crippen LogP contribution in [-0.2, 0) is 23.8 Å². The highest BCUT2D eigenvalue weighted by Crippen LogP contribution is 2.18. The molecule has 0 aliphatic carbocycles. The summed E-state index contributed by atoms with van der Waals surface area (Å²) < 4.78 is 15.3. The Morgan fingerprint density at radius 2 is 1.90 bits per heavy atom. The van der Waals surface area contributed by atoms with Gasteiger partial charge >= 0.3 is 11.9 Å². The summed E-state index contributed by atoms with van der Waals surface area (Å²) in [6, 6.07) is 0.0462. The van der Waals surface area contributed by atoms with Gasteiger partial charge in [-0.05, 0) is 40.0 Å². The van der Waals surface area contributed by atoms with E-state index in [-0.39, 0.29) is 30.4 Å². The van der Waals surface area contributed by atoms with Crippen LogP contribution in [-0.4, -0.2) is 49.9 Å². The molecule has 0 aromatic carbocycles. The molecule has 1 rings (SSSR count). The average molecular weight is 301 g/mol. The number of ether oxygens (including phenoxy) is 3. The SMILES string of the molecule is COC(=O)CCOCC[C@@H]1CC[C@@H](C(=O)OC(C)(C)C)N1. The van der Waals surface area contributed by atoms with Crippen LogP contribution < -0.4 is 5.32 Å². The zero-order chi connectivity index (χ0) is 15.9. The molecular formula is C15H27NO5. The van der Waals surface area contributed by atoms with Crippen molar-refractivity contribution in [2.24, 2.45) is 0 Å². The molecule has 0 spiro atoms. The molecule has 1 heterocycles. The van der Waals surface area contributed by atoms with E-state index < -0.39 is 5.60 Å². The Bertz CT molecular complexity index is 350. The van der Waals surface area contributed by atoms with Crippen molar-refractivity contribution in [3.63, 3.8) is 0 Å². The van der Waals surface area contributed by atoms with Gasteiger partial charge in [-0.15, -0.1) is 0 Å². The van der Waals surface area contributed by atoms with E-state index >= 15 is 0 Å². The Labute approximate surface area is 126 Å². The smallest absolute Gasteiger partial charge is 0.323 e. The minimum absolute atomic E-state index is 0.184. The Hall–Kier alpha value is -1.14. The second-order valence-corrected chi connectivity index (χ2v) is 6.25. The van der Waals surface area contributed by atoms with Crippen molar-refractivity contribution in [3.8, 4) is 0 Å². The molecule has 1 saturated heterocycles. The van der Waals surface area contributed by atoms with Crippen molar-refractivity contribution in [3.05, 3.63) is 0 Å². The molecule has 1 aliphatic heterocycles. The van der Waals surface area contributed by atoms with E-state index in [0.717, 1.165) is 19.3 Å². The molecule has 0 amide bonds. The molecule has 6 nitrogen and oxygen atoms in total. The predicted molar refractivity (Wildman–Crippen MR) is 77.9 cm³/mol. The van der Waals surface area contributed by atoms with Gasteiger partial charge in [0.05, 0.1) is 20.1 Å². The van der Waals surface area contributed by atoms with Crippen LogP contribution in [0.25, 0.3) is 0 Å². The van der Waals surface area contributed by atoms with Gasteiger partial charge in [0.25, 0.3) is 0 Å². The summed E-state index contributed by atoms with van der Waals surface area (Å²) in [5.74, 6) is -0.449. The lowest BCUT2D eigenvalue weighted by atomic mass is 10.1. The molecule has 122 valence electrons. The first kappa shape index (κ1) is 17.9. The molecule has 1 N–H and O–H groups in total. The Morgan fingerprint density at radius 1 is 1.19 bits per heavy atom. The first-order valence-corrected chi connectivity index (χ1v) is 7.45. The van der Waals surface area contributed by atoms with Crippen molar-refractivity contribution in [1.82, 2.24) is 5.32 Å². The maximum atomic E-state index is 11.9. The maximum absolute atomic E-state index is 11.9. The van der Waals surface area contributed by atoms with Crippen LogP contribution in [0, 0.1) is 0 Å². The fraction of sp³-hybridized carbons (Fsp3) is 0.867. The third-order valence-corrected chi connectivity index (χ3v) is 3.22. The van der Waals surface area contributed by atoms with E-state index in [1.807, 2.05) is 20.8 Å². The van der Waals surface area contributed by atoms with Gasteiger partial charge in [0.1, 0.15) is 11.6 Å². The number of hydrogen-bond donors (Lipinski definition) is 1. The summed E-state index contributed by atoms with van der Waals surface area (Å²) in [7, 11) is 1.36. The fourth-order valence-electron chi connectivity index (χ4n) is 2.19. The monoisotopic (exact) mass is 301 g/mol. The van der Waals surface area contributed by atoms with E-state index in [4.69, 9.17) is 9.47 Å². The lowest BCUT2D eigenvalue weighted by Gasteiger charge is -2.22. The van der Waals surface area contributed by atoms with Crippen molar-refractivity contribution in [2.45, 2.75) is 64.1 Å². The standard InChI is InChI=1S/C15H27NO5/c1-15(2,3)21-14(18)12-6-5-11(16-12)7-9-20-10-8-13(17)19-4/h11-12,16H,5-10H2,1-4H3/t11-,12-/m0/s1. The molecule has 0 aromatic heterocycles. The van der Waals surface area contributed by atoms with E-state index in [0.29, 0.717) is 13.2 Å². The minimum atomic E-state index is -0.451. The van der Waals surface area contributed by atoms with Crippen molar-refractivity contribution < 1.29 is 23.8 Å². The van der Waals surface area contributed by atoms with Gasteiger partial charge in [-0.3, -0.25) is 9.59 Å². The summed E-state index contributed by atoms with van der Waals surface area (Å²) in [6.07, 6.45) is 2.82. The van der Waals surface area contributed by atoms with Gasteiger partial charge in [-0.25, -0.2) is 0 Å². The summed E-state index contributed by atoms with van der Waals surface area (Å²) >= 11 is 0. The molecule has 2 atom stereocenters. The van der Waals surface area contributed by atoms with Gasteiger partial charge in [-0.2, -0.15) is 0 Å². The zero-order valence-electron chi connectivity index (χ0n) is 13.4. The van der Waals surface area contributed by atoms with Crippen molar-refractivity contribution in [2.75, 3.05) is 20.3 Å². The summed E-state index contributed by atoms with van der Waals surface area (Å²) in [5.41, 5.74) is -0.451. The molecule has 0 aromatic rings. The minimum Gasteiger partial charge on any atom is -0.469 e. The first-order valence-electron chi connectivity index (χ1n) is 7.45. The largest absolute Gasteiger partial charge is 0.469 e. The Morgan fingerprint density at radius 3 is 2.52 bits per heavy atom. The molecule has 0 bridgehead atoms. The molecule has 6 heteroatoms. The highest BCUT2D eigenvalue weighted by molar-refractivity contribution is 5.76.